The molecule has 203 valence electrons. The molecule has 0 amide bonds. The molecule has 1 heterocycles. The zero-order valence-electron chi connectivity index (χ0n) is 23.8. The Morgan fingerprint density at radius 2 is 1.66 bits per heavy atom. The fourth-order valence-corrected chi connectivity index (χ4v) is 5.06. The van der Waals surface area contributed by atoms with Crippen LogP contribution in [0.3, 0.4) is 0 Å². The van der Waals surface area contributed by atoms with Gasteiger partial charge in [-0.3, -0.25) is 0 Å². The molecular formula is C34H42IrN3-. The minimum absolute atomic E-state index is 0. The van der Waals surface area contributed by atoms with Crippen LogP contribution >= 0.6 is 0 Å². The third-order valence-electron chi connectivity index (χ3n) is 7.83. The van der Waals surface area contributed by atoms with Crippen molar-refractivity contribution in [2.45, 2.75) is 91.4 Å². The van der Waals surface area contributed by atoms with E-state index in [1.165, 1.54) is 47.9 Å². The van der Waals surface area contributed by atoms with E-state index in [2.05, 4.69) is 124 Å². The van der Waals surface area contributed by atoms with E-state index in [1.54, 1.807) is 0 Å². The van der Waals surface area contributed by atoms with Crippen LogP contribution in [0, 0.1) is 13.0 Å². The van der Waals surface area contributed by atoms with E-state index in [0.717, 1.165) is 35.7 Å². The normalized spacial score (nSPS) is 12.3. The number of aryl methyl sites for hydroxylation is 2. The maximum atomic E-state index is 4.70. The minimum atomic E-state index is -0.102. The second-order valence-corrected chi connectivity index (χ2v) is 10.9. The Hall–Kier alpha value is -2.55. The van der Waals surface area contributed by atoms with Crippen molar-refractivity contribution in [1.29, 1.82) is 0 Å². The molecule has 0 N–H and O–H groups in total. The molecule has 3 nitrogen and oxygen atoms in total. The molecule has 4 heteroatoms. The van der Waals surface area contributed by atoms with Crippen LogP contribution < -0.4 is 0 Å². The van der Waals surface area contributed by atoms with E-state index in [-0.39, 0.29) is 25.5 Å². The van der Waals surface area contributed by atoms with Crippen molar-refractivity contribution >= 4 is 0 Å². The molecule has 0 aliphatic carbocycles. The number of hydrogen-bond acceptors (Lipinski definition) is 2. The summed E-state index contributed by atoms with van der Waals surface area (Å²) in [5.74, 6) is 2.18. The first kappa shape index (κ1) is 30.0. The predicted molar refractivity (Wildman–Crippen MR) is 155 cm³/mol. The fraction of sp³-hybridized carbons (Fsp3) is 0.412. The van der Waals surface area contributed by atoms with Crippen LogP contribution in [0.25, 0.3) is 17.1 Å². The second kappa shape index (κ2) is 13.5. The number of hydrogen-bond donors (Lipinski definition) is 0. The van der Waals surface area contributed by atoms with Crippen LogP contribution in [-0.4, -0.2) is 14.8 Å². The molecule has 3 aromatic carbocycles. The van der Waals surface area contributed by atoms with E-state index in [1.807, 2.05) is 0 Å². The molecule has 1 unspecified atom stereocenters. The van der Waals surface area contributed by atoms with Crippen LogP contribution in [0.2, 0.25) is 0 Å². The summed E-state index contributed by atoms with van der Waals surface area (Å²) in [6, 6.07) is 27.6. The fourth-order valence-electron chi connectivity index (χ4n) is 5.06. The standard InChI is InChI=1S/C34H42N3.Ir/c1-7-9-10-12-15-27-18-23-31(26(4)24-27)37-32(25(3)8-2)35-36-33(37)28-19-21-30(22-20-28)34(5,6)29-16-13-11-14-17-29;/h11,13-14,16-19,21-25H,7-10,12,15H2,1-6H3;/q-1;. The van der Waals surface area contributed by atoms with Gasteiger partial charge >= 0.3 is 0 Å². The average molecular weight is 685 g/mol. The summed E-state index contributed by atoms with van der Waals surface area (Å²) in [6.07, 6.45) is 7.30. The summed E-state index contributed by atoms with van der Waals surface area (Å²) in [4.78, 5) is 0. The smallest absolute Gasteiger partial charge is 0.131 e. The monoisotopic (exact) mass is 685 g/mol. The number of rotatable bonds is 11. The second-order valence-electron chi connectivity index (χ2n) is 10.9. The Bertz CT molecular complexity index is 1290. The van der Waals surface area contributed by atoms with Crippen molar-refractivity contribution in [2.24, 2.45) is 0 Å². The quantitative estimate of drug-likeness (QED) is 0.117. The Kier molecular flexibility index (Phi) is 10.7. The zero-order valence-corrected chi connectivity index (χ0v) is 26.2. The van der Waals surface area contributed by atoms with Gasteiger partial charge in [0.05, 0.1) is 5.82 Å². The first-order valence-corrected chi connectivity index (χ1v) is 14.0. The van der Waals surface area contributed by atoms with E-state index >= 15 is 0 Å². The van der Waals surface area contributed by atoms with E-state index in [9.17, 15) is 0 Å². The largest absolute Gasteiger partial charge is 0.320 e. The average Bonchev–Trinajstić information content (AvgIpc) is 3.36. The SMILES string of the molecule is CCCCCCc1ccc(-n2c(-c3[c-]cc(C(C)(C)c4ccccc4)cc3)nnc2C(C)CC)c(C)c1.[Ir]. The van der Waals surface area contributed by atoms with Gasteiger partial charge in [0.2, 0.25) is 0 Å². The van der Waals surface area contributed by atoms with E-state index < -0.39 is 0 Å². The van der Waals surface area contributed by atoms with Crippen molar-refractivity contribution in [3.8, 4) is 17.1 Å². The summed E-state index contributed by atoms with van der Waals surface area (Å²) in [6.45, 7) is 13.5. The Morgan fingerprint density at radius 1 is 0.895 bits per heavy atom. The maximum Gasteiger partial charge on any atom is 0.131 e. The third kappa shape index (κ3) is 6.53. The number of unbranched alkanes of at least 4 members (excludes halogenated alkanes) is 3. The van der Waals surface area contributed by atoms with Gasteiger partial charge < -0.3 is 4.57 Å². The summed E-state index contributed by atoms with van der Waals surface area (Å²) in [5, 5.41) is 9.38. The third-order valence-corrected chi connectivity index (χ3v) is 7.83. The van der Waals surface area contributed by atoms with Crippen LogP contribution in [0.1, 0.15) is 101 Å². The van der Waals surface area contributed by atoms with Crippen molar-refractivity contribution in [1.82, 2.24) is 14.8 Å². The summed E-state index contributed by atoms with van der Waals surface area (Å²) < 4.78 is 2.26. The van der Waals surface area contributed by atoms with Gasteiger partial charge in [-0.25, -0.2) is 0 Å². The maximum absolute atomic E-state index is 4.70. The van der Waals surface area contributed by atoms with Gasteiger partial charge in [0.1, 0.15) is 5.82 Å². The molecule has 1 radical (unpaired) electrons. The molecule has 1 atom stereocenters. The molecule has 4 aromatic rings. The van der Waals surface area contributed by atoms with Crippen LogP contribution in [0.4, 0.5) is 0 Å². The molecule has 0 spiro atoms. The van der Waals surface area contributed by atoms with Gasteiger partial charge in [0.15, 0.2) is 0 Å². The van der Waals surface area contributed by atoms with E-state index in [0.29, 0.717) is 5.92 Å². The molecule has 0 bridgehead atoms. The van der Waals surface area contributed by atoms with Gasteiger partial charge in [-0.05, 0) is 54.4 Å². The van der Waals surface area contributed by atoms with Crippen molar-refractivity contribution in [3.05, 3.63) is 101 Å². The molecule has 38 heavy (non-hydrogen) atoms. The molecule has 0 saturated heterocycles. The van der Waals surface area contributed by atoms with E-state index in [4.69, 9.17) is 5.10 Å². The van der Waals surface area contributed by atoms with Crippen molar-refractivity contribution in [2.75, 3.05) is 0 Å². The predicted octanol–water partition coefficient (Wildman–Crippen LogP) is 9.00. The summed E-state index contributed by atoms with van der Waals surface area (Å²) >= 11 is 0. The number of nitrogens with zero attached hydrogens (tertiary/aromatic N) is 3. The molecular weight excluding hydrogens is 643 g/mol. The summed E-state index contributed by atoms with van der Waals surface area (Å²) in [7, 11) is 0. The zero-order chi connectivity index (χ0) is 26.4. The minimum Gasteiger partial charge on any atom is -0.320 e. The van der Waals surface area contributed by atoms with Crippen LogP contribution in [0.15, 0.2) is 66.7 Å². The first-order valence-electron chi connectivity index (χ1n) is 14.0. The topological polar surface area (TPSA) is 30.7 Å². The summed E-state index contributed by atoms with van der Waals surface area (Å²) in [5.41, 5.74) is 7.24. The van der Waals surface area contributed by atoms with Gasteiger partial charge in [-0.15, -0.1) is 40.5 Å². The van der Waals surface area contributed by atoms with Gasteiger partial charge in [0, 0.05) is 31.7 Å². The molecule has 4 rings (SSSR count). The van der Waals surface area contributed by atoms with Gasteiger partial charge in [0.25, 0.3) is 0 Å². The molecule has 1 aromatic heterocycles. The van der Waals surface area contributed by atoms with Crippen molar-refractivity contribution in [3.63, 3.8) is 0 Å². The van der Waals surface area contributed by atoms with Crippen molar-refractivity contribution < 1.29 is 20.1 Å². The molecule has 0 saturated carbocycles. The van der Waals surface area contributed by atoms with Gasteiger partial charge in [-0.2, -0.15) is 5.10 Å². The molecule has 0 aliphatic heterocycles. The Balaban J connectivity index is 0.00000400. The van der Waals surface area contributed by atoms with Gasteiger partial charge in [-0.1, -0.05) is 96.3 Å². The van der Waals surface area contributed by atoms with Crippen LogP contribution in [-0.2, 0) is 31.9 Å². The number of aromatic nitrogens is 3. The Morgan fingerprint density at radius 3 is 2.29 bits per heavy atom. The molecule has 0 fully saturated rings. The Labute approximate surface area is 243 Å². The van der Waals surface area contributed by atoms with Crippen LogP contribution in [0.5, 0.6) is 0 Å². The number of benzene rings is 3. The first-order chi connectivity index (χ1) is 17.9. The molecule has 0 aliphatic rings.